The lowest BCUT2D eigenvalue weighted by Crippen LogP contribution is -2.36. The number of nitrogens with zero attached hydrogens (tertiary/aromatic N) is 2. The molecule has 1 amide bonds. The second kappa shape index (κ2) is 6.00. The zero-order valence-corrected chi connectivity index (χ0v) is 14.8. The average Bonchev–Trinajstić information content (AvgIpc) is 3.05. The Morgan fingerprint density at radius 1 is 1.33 bits per heavy atom. The summed E-state index contributed by atoms with van der Waals surface area (Å²) in [6.07, 6.45) is -0.402. The molecule has 6 nitrogen and oxygen atoms in total. The van der Waals surface area contributed by atoms with Gasteiger partial charge in [0.1, 0.15) is 11.4 Å². The van der Waals surface area contributed by atoms with E-state index in [1.165, 1.54) is 0 Å². The van der Waals surface area contributed by atoms with E-state index in [4.69, 9.17) is 14.3 Å². The van der Waals surface area contributed by atoms with Gasteiger partial charge >= 0.3 is 6.09 Å². The Balaban J connectivity index is 1.74. The molecule has 130 valence electrons. The van der Waals surface area contributed by atoms with Gasteiger partial charge in [-0.1, -0.05) is 5.16 Å². The SMILES string of the molecule is COc1ccc(C2=NOC3CN(C(=O)OC(C)(C)C)CC23)cc1C. The third kappa shape index (κ3) is 3.18. The molecule has 2 aliphatic heterocycles. The summed E-state index contributed by atoms with van der Waals surface area (Å²) in [4.78, 5) is 19.5. The largest absolute Gasteiger partial charge is 0.496 e. The van der Waals surface area contributed by atoms with Crippen molar-refractivity contribution in [1.82, 2.24) is 4.90 Å². The predicted molar refractivity (Wildman–Crippen MR) is 90.4 cm³/mol. The normalized spacial score (nSPS) is 22.7. The second-order valence-electron chi connectivity index (χ2n) is 7.30. The molecular formula is C18H24N2O4. The van der Waals surface area contributed by atoms with E-state index in [0.717, 1.165) is 22.6 Å². The molecule has 6 heteroatoms. The van der Waals surface area contributed by atoms with Crippen molar-refractivity contribution >= 4 is 11.8 Å². The van der Waals surface area contributed by atoms with Crippen molar-refractivity contribution in [2.75, 3.05) is 20.2 Å². The molecule has 2 unspecified atom stereocenters. The topological polar surface area (TPSA) is 60.4 Å². The first-order chi connectivity index (χ1) is 11.3. The third-order valence-corrected chi connectivity index (χ3v) is 4.25. The van der Waals surface area contributed by atoms with E-state index < -0.39 is 5.60 Å². The number of likely N-dealkylation sites (tertiary alicyclic amines) is 1. The lowest BCUT2D eigenvalue weighted by Gasteiger charge is -2.24. The van der Waals surface area contributed by atoms with Gasteiger partial charge < -0.3 is 19.2 Å². The third-order valence-electron chi connectivity index (χ3n) is 4.25. The molecular weight excluding hydrogens is 308 g/mol. The zero-order valence-electron chi connectivity index (χ0n) is 14.8. The number of aryl methyl sites for hydroxylation is 1. The summed E-state index contributed by atoms with van der Waals surface area (Å²) < 4.78 is 10.8. The maximum absolute atomic E-state index is 12.3. The van der Waals surface area contributed by atoms with E-state index in [-0.39, 0.29) is 18.1 Å². The van der Waals surface area contributed by atoms with Crippen molar-refractivity contribution in [3.63, 3.8) is 0 Å². The fourth-order valence-corrected chi connectivity index (χ4v) is 3.12. The van der Waals surface area contributed by atoms with E-state index in [1.54, 1.807) is 12.0 Å². The molecule has 24 heavy (non-hydrogen) atoms. The number of hydrogen-bond acceptors (Lipinski definition) is 5. The van der Waals surface area contributed by atoms with Crippen LogP contribution in [0.25, 0.3) is 0 Å². The van der Waals surface area contributed by atoms with Crippen LogP contribution in [-0.4, -0.2) is 48.6 Å². The number of oxime groups is 1. The van der Waals surface area contributed by atoms with Crippen LogP contribution in [0.1, 0.15) is 31.9 Å². The van der Waals surface area contributed by atoms with E-state index in [9.17, 15) is 4.79 Å². The lowest BCUT2D eigenvalue weighted by molar-refractivity contribution is 0.0228. The minimum Gasteiger partial charge on any atom is -0.496 e. The molecule has 2 aliphatic rings. The monoisotopic (exact) mass is 332 g/mol. The predicted octanol–water partition coefficient (Wildman–Crippen LogP) is 2.97. The lowest BCUT2D eigenvalue weighted by atomic mass is 9.94. The van der Waals surface area contributed by atoms with Crippen LogP contribution in [0, 0.1) is 12.8 Å². The average molecular weight is 332 g/mol. The Morgan fingerprint density at radius 3 is 2.71 bits per heavy atom. The van der Waals surface area contributed by atoms with Crippen molar-refractivity contribution in [2.45, 2.75) is 39.4 Å². The molecule has 1 fully saturated rings. The number of amides is 1. The van der Waals surface area contributed by atoms with Crippen LogP contribution < -0.4 is 4.74 Å². The minimum atomic E-state index is -0.500. The Hall–Kier alpha value is -2.24. The number of methoxy groups -OCH3 is 1. The molecule has 0 radical (unpaired) electrons. The number of rotatable bonds is 2. The smallest absolute Gasteiger partial charge is 0.410 e. The summed E-state index contributed by atoms with van der Waals surface area (Å²) in [5.41, 5.74) is 2.44. The standard InChI is InChI=1S/C18H24N2O4/c1-11-8-12(6-7-14(11)22-5)16-13-9-20(10-15(13)24-19-16)17(21)23-18(2,3)4/h6-8,13,15H,9-10H2,1-5H3. The van der Waals surface area contributed by atoms with E-state index in [1.807, 2.05) is 45.9 Å². The quantitative estimate of drug-likeness (QED) is 0.835. The first-order valence-electron chi connectivity index (χ1n) is 8.15. The highest BCUT2D eigenvalue weighted by molar-refractivity contribution is 6.04. The van der Waals surface area contributed by atoms with Crippen LogP contribution >= 0.6 is 0 Å². The molecule has 0 aromatic heterocycles. The highest BCUT2D eigenvalue weighted by atomic mass is 16.6. The summed E-state index contributed by atoms with van der Waals surface area (Å²) in [5.74, 6) is 0.918. The van der Waals surface area contributed by atoms with Gasteiger partial charge in [0.2, 0.25) is 0 Å². The maximum Gasteiger partial charge on any atom is 0.410 e. The summed E-state index contributed by atoms with van der Waals surface area (Å²) in [5, 5.41) is 4.25. The van der Waals surface area contributed by atoms with E-state index in [2.05, 4.69) is 5.16 Å². The number of carbonyl (C=O) groups is 1. The highest BCUT2D eigenvalue weighted by Gasteiger charge is 2.45. The first-order valence-corrected chi connectivity index (χ1v) is 8.15. The summed E-state index contributed by atoms with van der Waals surface area (Å²) in [6, 6.07) is 5.95. The van der Waals surface area contributed by atoms with Gasteiger partial charge in [0.05, 0.1) is 25.3 Å². The van der Waals surface area contributed by atoms with E-state index in [0.29, 0.717) is 13.1 Å². The molecule has 0 bridgehead atoms. The van der Waals surface area contributed by atoms with Crippen LogP contribution in [0.4, 0.5) is 4.79 Å². The van der Waals surface area contributed by atoms with Gasteiger partial charge in [-0.15, -0.1) is 0 Å². The number of carbonyl (C=O) groups excluding carboxylic acids is 1. The van der Waals surface area contributed by atoms with Gasteiger partial charge in [0.15, 0.2) is 6.10 Å². The molecule has 0 spiro atoms. The Kier molecular flexibility index (Phi) is 4.15. The molecule has 3 rings (SSSR count). The van der Waals surface area contributed by atoms with Gasteiger partial charge in [-0.25, -0.2) is 4.79 Å². The fraction of sp³-hybridized carbons (Fsp3) is 0.556. The van der Waals surface area contributed by atoms with Crippen molar-refractivity contribution in [3.05, 3.63) is 29.3 Å². The summed E-state index contributed by atoms with van der Waals surface area (Å²) in [7, 11) is 1.66. The molecule has 0 aliphatic carbocycles. The minimum absolute atomic E-state index is 0.0744. The Morgan fingerprint density at radius 2 is 2.08 bits per heavy atom. The van der Waals surface area contributed by atoms with Crippen molar-refractivity contribution < 1.29 is 19.1 Å². The van der Waals surface area contributed by atoms with Crippen LogP contribution in [0.15, 0.2) is 23.4 Å². The van der Waals surface area contributed by atoms with Crippen LogP contribution in [0.2, 0.25) is 0 Å². The van der Waals surface area contributed by atoms with Gasteiger partial charge in [0.25, 0.3) is 0 Å². The van der Waals surface area contributed by atoms with E-state index >= 15 is 0 Å². The molecule has 2 atom stereocenters. The molecule has 0 N–H and O–H groups in total. The summed E-state index contributed by atoms with van der Waals surface area (Å²) >= 11 is 0. The molecule has 1 aromatic rings. The number of benzene rings is 1. The highest BCUT2D eigenvalue weighted by Crippen LogP contribution is 2.32. The van der Waals surface area contributed by atoms with Crippen molar-refractivity contribution in [3.8, 4) is 5.75 Å². The molecule has 1 saturated heterocycles. The van der Waals surface area contributed by atoms with Crippen LogP contribution in [0.3, 0.4) is 0 Å². The van der Waals surface area contributed by atoms with Gasteiger partial charge in [0, 0.05) is 12.1 Å². The van der Waals surface area contributed by atoms with Gasteiger partial charge in [-0.3, -0.25) is 0 Å². The maximum atomic E-state index is 12.3. The fourth-order valence-electron chi connectivity index (χ4n) is 3.12. The van der Waals surface area contributed by atoms with Gasteiger partial charge in [-0.2, -0.15) is 0 Å². The summed E-state index contributed by atoms with van der Waals surface area (Å²) in [6.45, 7) is 8.66. The number of hydrogen-bond donors (Lipinski definition) is 0. The van der Waals surface area contributed by atoms with Crippen LogP contribution in [0.5, 0.6) is 5.75 Å². The molecule has 2 heterocycles. The van der Waals surface area contributed by atoms with Crippen molar-refractivity contribution in [2.24, 2.45) is 11.1 Å². The number of ether oxygens (including phenoxy) is 2. The Bertz CT molecular complexity index is 678. The molecule has 1 aromatic carbocycles. The Labute approximate surface area is 142 Å². The second-order valence-corrected chi connectivity index (χ2v) is 7.30. The zero-order chi connectivity index (χ0) is 17.5. The van der Waals surface area contributed by atoms with Gasteiger partial charge in [-0.05, 0) is 51.5 Å². The van der Waals surface area contributed by atoms with Crippen LogP contribution in [-0.2, 0) is 9.57 Å². The molecule has 0 saturated carbocycles. The van der Waals surface area contributed by atoms with Crippen molar-refractivity contribution in [1.29, 1.82) is 0 Å². The first kappa shape index (κ1) is 16.6. The number of fused-ring (bicyclic) bond motifs is 1.